The summed E-state index contributed by atoms with van der Waals surface area (Å²) >= 11 is 6.22. The Morgan fingerprint density at radius 2 is 2.00 bits per heavy atom. The summed E-state index contributed by atoms with van der Waals surface area (Å²) < 4.78 is 5.31. The van der Waals surface area contributed by atoms with Crippen molar-refractivity contribution in [3.63, 3.8) is 0 Å². The first-order chi connectivity index (χ1) is 5.95. The molecule has 1 heterocycles. The third-order valence-electron chi connectivity index (χ3n) is 2.73. The third kappa shape index (κ3) is 2.83. The van der Waals surface area contributed by atoms with Crippen LogP contribution in [0.2, 0.25) is 0 Å². The highest BCUT2D eigenvalue weighted by atomic mass is 35.5. The van der Waals surface area contributed by atoms with E-state index in [0.29, 0.717) is 0 Å². The molecule has 0 radical (unpaired) electrons. The normalized spacial score (nSPS) is 32.1. The maximum Gasteiger partial charge on any atom is 0.0759 e. The van der Waals surface area contributed by atoms with E-state index in [1.807, 2.05) is 0 Å². The lowest BCUT2D eigenvalue weighted by atomic mass is 9.99. The molecule has 13 heavy (non-hydrogen) atoms. The third-order valence-corrected chi connectivity index (χ3v) is 3.15. The molecule has 1 fully saturated rings. The molecule has 78 valence electrons. The van der Waals surface area contributed by atoms with Crippen molar-refractivity contribution in [3.8, 4) is 0 Å². The molecule has 2 nitrogen and oxygen atoms in total. The van der Waals surface area contributed by atoms with Gasteiger partial charge in [0.15, 0.2) is 0 Å². The average Bonchev–Trinajstić information content (AvgIpc) is 2.02. The van der Waals surface area contributed by atoms with E-state index in [0.717, 1.165) is 19.5 Å². The van der Waals surface area contributed by atoms with E-state index >= 15 is 0 Å². The zero-order chi connectivity index (χ0) is 10.1. The lowest BCUT2D eigenvalue weighted by Gasteiger charge is -2.42. The minimum absolute atomic E-state index is 0.137. The number of nitrogens with zero attached hydrogens (tertiary/aromatic N) is 1. The van der Waals surface area contributed by atoms with E-state index < -0.39 is 0 Å². The maximum absolute atomic E-state index is 6.22. The number of methoxy groups -OCH3 is 1. The van der Waals surface area contributed by atoms with Crippen LogP contribution in [0.25, 0.3) is 0 Å². The molecule has 1 saturated heterocycles. The number of ether oxygens (including phenoxy) is 1. The van der Waals surface area contributed by atoms with Gasteiger partial charge >= 0.3 is 0 Å². The fourth-order valence-corrected chi connectivity index (χ4v) is 2.15. The molecule has 1 rings (SSSR count). The van der Waals surface area contributed by atoms with Crippen molar-refractivity contribution in [2.45, 2.75) is 44.2 Å². The van der Waals surface area contributed by atoms with Gasteiger partial charge in [-0.25, -0.2) is 0 Å². The number of alkyl halides is 1. The molecule has 0 bridgehead atoms. The molecule has 0 saturated carbocycles. The summed E-state index contributed by atoms with van der Waals surface area (Å²) in [7, 11) is 1.74. The molecule has 0 unspecified atom stereocenters. The molecule has 0 aromatic rings. The van der Waals surface area contributed by atoms with Gasteiger partial charge in [-0.05, 0) is 27.2 Å². The molecule has 1 aliphatic rings. The van der Waals surface area contributed by atoms with E-state index in [-0.39, 0.29) is 17.0 Å². The Labute approximate surface area is 86.2 Å². The highest BCUT2D eigenvalue weighted by Crippen LogP contribution is 2.24. The summed E-state index contributed by atoms with van der Waals surface area (Å²) in [6.07, 6.45) is 1.28. The molecule has 0 spiro atoms. The molecule has 2 atom stereocenters. The van der Waals surface area contributed by atoms with Crippen molar-refractivity contribution in [1.29, 1.82) is 0 Å². The largest absolute Gasteiger partial charge is 0.380 e. The van der Waals surface area contributed by atoms with Gasteiger partial charge in [-0.1, -0.05) is 0 Å². The van der Waals surface area contributed by atoms with Gasteiger partial charge in [-0.3, -0.25) is 4.90 Å². The van der Waals surface area contributed by atoms with Crippen molar-refractivity contribution in [1.82, 2.24) is 4.90 Å². The van der Waals surface area contributed by atoms with Gasteiger partial charge in [0.25, 0.3) is 0 Å². The van der Waals surface area contributed by atoms with Gasteiger partial charge in [0.1, 0.15) is 0 Å². The van der Waals surface area contributed by atoms with Gasteiger partial charge in [-0.15, -0.1) is 11.6 Å². The summed E-state index contributed by atoms with van der Waals surface area (Å²) in [6.45, 7) is 8.70. The number of hydrogen-bond acceptors (Lipinski definition) is 2. The van der Waals surface area contributed by atoms with Gasteiger partial charge < -0.3 is 4.74 Å². The van der Waals surface area contributed by atoms with Gasteiger partial charge in [0.05, 0.1) is 11.5 Å². The number of likely N-dealkylation sites (tertiary alicyclic amines) is 1. The van der Waals surface area contributed by atoms with Crippen LogP contribution in [0, 0.1) is 0 Å². The molecular formula is C10H20ClNO. The van der Waals surface area contributed by atoms with Crippen molar-refractivity contribution >= 4 is 11.6 Å². The number of rotatable bonds is 1. The van der Waals surface area contributed by atoms with Gasteiger partial charge in [0, 0.05) is 25.7 Å². The highest BCUT2D eigenvalue weighted by Gasteiger charge is 2.32. The van der Waals surface area contributed by atoms with Crippen molar-refractivity contribution in [2.75, 3.05) is 20.2 Å². The van der Waals surface area contributed by atoms with Crippen LogP contribution >= 0.6 is 11.6 Å². The smallest absolute Gasteiger partial charge is 0.0759 e. The first-order valence-electron chi connectivity index (χ1n) is 4.87. The van der Waals surface area contributed by atoms with Crippen molar-refractivity contribution in [2.24, 2.45) is 0 Å². The fourth-order valence-electron chi connectivity index (χ4n) is 1.76. The van der Waals surface area contributed by atoms with Crippen LogP contribution in [0.3, 0.4) is 0 Å². The first-order valence-corrected chi connectivity index (χ1v) is 5.30. The predicted molar refractivity (Wildman–Crippen MR) is 56.4 cm³/mol. The summed E-state index contributed by atoms with van der Waals surface area (Å²) in [5, 5.41) is 0.137. The van der Waals surface area contributed by atoms with Crippen LogP contribution in [0.15, 0.2) is 0 Å². The number of hydrogen-bond donors (Lipinski definition) is 0. The second-order valence-electron chi connectivity index (χ2n) is 4.70. The highest BCUT2D eigenvalue weighted by molar-refractivity contribution is 6.21. The molecule has 0 aliphatic carbocycles. The monoisotopic (exact) mass is 205 g/mol. The fraction of sp³-hybridized carbons (Fsp3) is 1.00. The summed E-state index contributed by atoms with van der Waals surface area (Å²) in [6, 6.07) is 0. The molecule has 0 aromatic heterocycles. The molecule has 0 amide bonds. The summed E-state index contributed by atoms with van der Waals surface area (Å²) in [5.74, 6) is 0. The first kappa shape index (κ1) is 11.3. The van der Waals surface area contributed by atoms with Crippen molar-refractivity contribution < 1.29 is 4.74 Å². The zero-order valence-corrected chi connectivity index (χ0v) is 9.77. The quantitative estimate of drug-likeness (QED) is 0.608. The zero-order valence-electron chi connectivity index (χ0n) is 9.01. The lowest BCUT2D eigenvalue weighted by molar-refractivity contribution is 0.0151. The predicted octanol–water partition coefficient (Wildman–Crippen LogP) is 2.11. The second kappa shape index (κ2) is 4.16. The number of halogens is 1. The Balaban J connectivity index is 2.51. The van der Waals surface area contributed by atoms with Crippen LogP contribution in [0.1, 0.15) is 27.2 Å². The average molecular weight is 206 g/mol. The Morgan fingerprint density at radius 1 is 1.38 bits per heavy atom. The Hall–Kier alpha value is 0.210. The molecular weight excluding hydrogens is 186 g/mol. The van der Waals surface area contributed by atoms with E-state index in [2.05, 4.69) is 25.7 Å². The van der Waals surface area contributed by atoms with E-state index in [9.17, 15) is 0 Å². The van der Waals surface area contributed by atoms with Crippen molar-refractivity contribution in [3.05, 3.63) is 0 Å². The van der Waals surface area contributed by atoms with E-state index in [4.69, 9.17) is 16.3 Å². The summed E-state index contributed by atoms with van der Waals surface area (Å²) in [4.78, 5) is 2.42. The standard InChI is InChI=1S/C10H20ClNO/c1-10(2,3)12-6-5-9(13-4)8(11)7-12/h8-9H,5-7H2,1-4H3/t8-,9+/m1/s1. The van der Waals surface area contributed by atoms with Crippen LogP contribution < -0.4 is 0 Å². The topological polar surface area (TPSA) is 12.5 Å². The minimum atomic E-state index is 0.137. The summed E-state index contributed by atoms with van der Waals surface area (Å²) in [5.41, 5.74) is 0.228. The van der Waals surface area contributed by atoms with Crippen LogP contribution in [-0.4, -0.2) is 42.1 Å². The molecule has 3 heteroatoms. The maximum atomic E-state index is 6.22. The Morgan fingerprint density at radius 3 is 2.38 bits per heavy atom. The molecule has 0 aromatic carbocycles. The van der Waals surface area contributed by atoms with E-state index in [1.165, 1.54) is 0 Å². The Kier molecular flexibility index (Phi) is 3.61. The van der Waals surface area contributed by atoms with Crippen LogP contribution in [0.4, 0.5) is 0 Å². The minimum Gasteiger partial charge on any atom is -0.380 e. The van der Waals surface area contributed by atoms with Crippen LogP contribution in [-0.2, 0) is 4.74 Å². The lowest BCUT2D eigenvalue weighted by Crippen LogP contribution is -2.52. The molecule has 1 aliphatic heterocycles. The van der Waals surface area contributed by atoms with Gasteiger partial charge in [-0.2, -0.15) is 0 Å². The van der Waals surface area contributed by atoms with Gasteiger partial charge in [0.2, 0.25) is 0 Å². The second-order valence-corrected chi connectivity index (χ2v) is 5.26. The molecule has 0 N–H and O–H groups in total. The van der Waals surface area contributed by atoms with E-state index in [1.54, 1.807) is 7.11 Å². The Bertz CT molecular complexity index is 167. The van der Waals surface area contributed by atoms with Crippen LogP contribution in [0.5, 0.6) is 0 Å². The number of piperidine rings is 1. The SMILES string of the molecule is CO[C@H]1CCN(C(C)(C)C)C[C@H]1Cl.